The molecule has 2 atom stereocenters. The number of para-hydroxylation sites is 2. The van der Waals surface area contributed by atoms with E-state index in [1.165, 1.54) is 26.3 Å². The summed E-state index contributed by atoms with van der Waals surface area (Å²) in [7, 11) is 1.30. The molecule has 1 aliphatic rings. The van der Waals surface area contributed by atoms with Gasteiger partial charge in [0.1, 0.15) is 18.3 Å². The lowest BCUT2D eigenvalue weighted by Gasteiger charge is -2.35. The molecule has 2 aromatic carbocycles. The van der Waals surface area contributed by atoms with Crippen LogP contribution in [0.1, 0.15) is 25.3 Å². The Morgan fingerprint density at radius 3 is 2.65 bits per heavy atom. The number of nitrogens with zero attached hydrogens (tertiary/aromatic N) is 4. The molecule has 0 aliphatic heterocycles. The number of hydrogen-bond donors (Lipinski definition) is 3. The Bertz CT molecular complexity index is 1190. The molecule has 178 valence electrons. The molecule has 5 rings (SSSR count). The first-order valence-corrected chi connectivity index (χ1v) is 11.4. The van der Waals surface area contributed by atoms with E-state index in [0.29, 0.717) is 23.4 Å². The molecule has 4 aromatic rings. The highest BCUT2D eigenvalue weighted by molar-refractivity contribution is 6.30. The van der Waals surface area contributed by atoms with E-state index in [9.17, 15) is 9.90 Å². The number of rotatable bonds is 6. The van der Waals surface area contributed by atoms with Gasteiger partial charge in [0.2, 0.25) is 5.95 Å². The fourth-order valence-electron chi connectivity index (χ4n) is 3.94. The van der Waals surface area contributed by atoms with Gasteiger partial charge in [0.05, 0.1) is 24.7 Å². The molecular formula is C24H27ClN6O3. The minimum Gasteiger partial charge on any atom is -0.453 e. The van der Waals surface area contributed by atoms with Gasteiger partial charge in [0.15, 0.2) is 0 Å². The molecule has 10 heteroatoms. The molecule has 3 N–H and O–H groups in total. The Hall–Kier alpha value is -3.43. The lowest BCUT2D eigenvalue weighted by molar-refractivity contribution is -0.0442. The van der Waals surface area contributed by atoms with Crippen molar-refractivity contribution in [1.82, 2.24) is 24.7 Å². The number of fused-ring (bicyclic) bond motifs is 1. The number of halogens is 1. The number of carbonyl (C=O) groups excluding carboxylic acids is 1. The van der Waals surface area contributed by atoms with E-state index in [2.05, 4.69) is 37.0 Å². The van der Waals surface area contributed by atoms with Gasteiger partial charge in [-0.2, -0.15) is 5.10 Å². The van der Waals surface area contributed by atoms with Crippen molar-refractivity contribution >= 4 is 34.7 Å². The number of carbonyl (C=O) groups is 1. The van der Waals surface area contributed by atoms with E-state index in [-0.39, 0.29) is 5.92 Å². The third-order valence-corrected chi connectivity index (χ3v) is 6.34. The zero-order valence-electron chi connectivity index (χ0n) is 19.0. The van der Waals surface area contributed by atoms with Crippen LogP contribution in [-0.2, 0) is 16.9 Å². The van der Waals surface area contributed by atoms with Crippen LogP contribution in [0.5, 0.6) is 0 Å². The van der Waals surface area contributed by atoms with Gasteiger partial charge in [-0.25, -0.2) is 19.4 Å². The predicted molar refractivity (Wildman–Crippen MR) is 129 cm³/mol. The maximum absolute atomic E-state index is 11.3. The Labute approximate surface area is 202 Å². The minimum atomic E-state index is -0.945. The summed E-state index contributed by atoms with van der Waals surface area (Å²) in [6.07, 6.45) is 4.97. The van der Waals surface area contributed by atoms with Crippen molar-refractivity contribution in [3.8, 4) is 0 Å². The number of aromatic amines is 1. The number of amides is 1. The predicted octanol–water partition coefficient (Wildman–Crippen LogP) is 4.61. The maximum Gasteiger partial charge on any atom is 0.413 e. The van der Waals surface area contributed by atoms with Crippen LogP contribution in [-0.4, -0.2) is 43.0 Å². The Morgan fingerprint density at radius 1 is 1.29 bits per heavy atom. The number of benzene rings is 2. The molecule has 1 amide bonds. The average molecular weight is 483 g/mol. The van der Waals surface area contributed by atoms with Crippen LogP contribution < -0.4 is 5.32 Å². The summed E-state index contributed by atoms with van der Waals surface area (Å²) in [5.74, 6) is 1.14. The minimum absolute atomic E-state index is 0.174. The van der Waals surface area contributed by atoms with Crippen LogP contribution in [0.15, 0.2) is 61.2 Å². The number of anilines is 1. The van der Waals surface area contributed by atoms with Gasteiger partial charge in [-0.3, -0.25) is 5.32 Å². The number of aromatic nitrogens is 5. The fraction of sp³-hybridized carbons (Fsp3) is 0.333. The van der Waals surface area contributed by atoms with Gasteiger partial charge in [0, 0.05) is 5.02 Å². The van der Waals surface area contributed by atoms with Gasteiger partial charge in [-0.1, -0.05) is 42.8 Å². The normalized spacial score (nSPS) is 15.6. The molecule has 0 radical (unpaired) electrons. The molecule has 34 heavy (non-hydrogen) atoms. The second-order valence-electron chi connectivity index (χ2n) is 8.37. The standard InChI is InChI=1S/C15H18ClN3O.C9H9N3O2/c1-11(12-2-3-12)15(20,8-19-10-17-9-18-19)13-4-6-14(16)7-5-13;1-14-9(13)12-8-10-6-4-2-3-5-7(6)11-8/h4-7,9-12,20H,2-3,8H2,1H3;2-5H,1H3,(H2,10,11,12,13). The van der Waals surface area contributed by atoms with E-state index in [4.69, 9.17) is 11.6 Å². The highest BCUT2D eigenvalue weighted by Gasteiger charge is 2.44. The molecule has 1 aliphatic carbocycles. The fourth-order valence-corrected chi connectivity index (χ4v) is 4.07. The molecule has 9 nitrogen and oxygen atoms in total. The van der Waals surface area contributed by atoms with Crippen molar-refractivity contribution in [2.75, 3.05) is 12.4 Å². The van der Waals surface area contributed by atoms with Crippen LogP contribution in [0.3, 0.4) is 0 Å². The second-order valence-corrected chi connectivity index (χ2v) is 8.81. The summed E-state index contributed by atoms with van der Waals surface area (Å²) in [4.78, 5) is 21.9. The number of ether oxygens (including phenoxy) is 1. The molecule has 1 saturated carbocycles. The van der Waals surface area contributed by atoms with E-state index < -0.39 is 11.7 Å². The topological polar surface area (TPSA) is 118 Å². The summed E-state index contributed by atoms with van der Waals surface area (Å²) >= 11 is 5.95. The first kappa shape index (κ1) is 23.7. The smallest absolute Gasteiger partial charge is 0.413 e. The van der Waals surface area contributed by atoms with Crippen molar-refractivity contribution in [2.24, 2.45) is 11.8 Å². The zero-order valence-corrected chi connectivity index (χ0v) is 19.7. The largest absolute Gasteiger partial charge is 0.453 e. The second kappa shape index (κ2) is 10.2. The van der Waals surface area contributed by atoms with E-state index in [1.807, 2.05) is 48.5 Å². The number of methoxy groups -OCH3 is 1. The lowest BCUT2D eigenvalue weighted by atomic mass is 9.79. The molecular weight excluding hydrogens is 456 g/mol. The number of hydrogen-bond acceptors (Lipinski definition) is 6. The summed E-state index contributed by atoms with van der Waals surface area (Å²) < 4.78 is 6.13. The van der Waals surface area contributed by atoms with Crippen LogP contribution in [0.4, 0.5) is 10.7 Å². The van der Waals surface area contributed by atoms with Crippen molar-refractivity contribution in [3.63, 3.8) is 0 Å². The average Bonchev–Trinajstić information content (AvgIpc) is 3.41. The molecule has 0 saturated heterocycles. The van der Waals surface area contributed by atoms with Crippen molar-refractivity contribution < 1.29 is 14.6 Å². The molecule has 1 fully saturated rings. The Balaban J connectivity index is 0.000000172. The van der Waals surface area contributed by atoms with E-state index in [1.54, 1.807) is 11.0 Å². The van der Waals surface area contributed by atoms with Crippen molar-refractivity contribution in [1.29, 1.82) is 0 Å². The zero-order chi connectivity index (χ0) is 24.1. The third-order valence-electron chi connectivity index (χ3n) is 6.09. The first-order valence-electron chi connectivity index (χ1n) is 11.0. The number of imidazole rings is 1. The molecule has 0 bridgehead atoms. The van der Waals surface area contributed by atoms with Crippen LogP contribution >= 0.6 is 11.6 Å². The number of nitrogens with one attached hydrogen (secondary N) is 2. The van der Waals surface area contributed by atoms with Crippen molar-refractivity contribution in [2.45, 2.75) is 31.9 Å². The van der Waals surface area contributed by atoms with Crippen LogP contribution in [0.2, 0.25) is 5.02 Å². The van der Waals surface area contributed by atoms with Gasteiger partial charge >= 0.3 is 6.09 Å². The third kappa shape index (κ3) is 5.55. The highest BCUT2D eigenvalue weighted by atomic mass is 35.5. The van der Waals surface area contributed by atoms with Gasteiger partial charge in [-0.15, -0.1) is 0 Å². The number of H-pyrrole nitrogens is 1. The summed E-state index contributed by atoms with van der Waals surface area (Å²) in [5.41, 5.74) is 1.62. The maximum atomic E-state index is 11.3. The summed E-state index contributed by atoms with van der Waals surface area (Å²) in [6.45, 7) is 2.52. The lowest BCUT2D eigenvalue weighted by Crippen LogP contribution is -2.39. The SMILES string of the molecule is CC(C1CC1)C(O)(Cn1cncn1)c1ccc(Cl)cc1.COC(=O)Nc1nc2ccccc2[nH]1. The number of aliphatic hydroxyl groups is 1. The quantitative estimate of drug-likeness (QED) is 0.369. The van der Waals surface area contributed by atoms with Gasteiger partial charge < -0.3 is 14.8 Å². The Morgan fingerprint density at radius 2 is 2.03 bits per heavy atom. The highest BCUT2D eigenvalue weighted by Crippen LogP contribution is 2.46. The Kier molecular flexibility index (Phi) is 7.14. The molecule has 2 unspecified atom stereocenters. The van der Waals surface area contributed by atoms with Gasteiger partial charge in [-0.05, 0) is 54.5 Å². The molecule has 2 heterocycles. The van der Waals surface area contributed by atoms with Crippen molar-refractivity contribution in [3.05, 3.63) is 71.8 Å². The van der Waals surface area contributed by atoms with E-state index in [0.717, 1.165) is 16.6 Å². The summed E-state index contributed by atoms with van der Waals surface area (Å²) in [6, 6.07) is 15.0. The van der Waals surface area contributed by atoms with Crippen LogP contribution in [0.25, 0.3) is 11.0 Å². The molecule has 0 spiro atoms. The first-order chi connectivity index (χ1) is 16.4. The van der Waals surface area contributed by atoms with Gasteiger partial charge in [0.25, 0.3) is 0 Å². The molecule has 2 aromatic heterocycles. The van der Waals surface area contributed by atoms with Crippen LogP contribution in [0, 0.1) is 11.8 Å². The summed E-state index contributed by atoms with van der Waals surface area (Å²) in [5, 5.41) is 18.5. The monoisotopic (exact) mass is 482 g/mol. The van der Waals surface area contributed by atoms with E-state index >= 15 is 0 Å².